The van der Waals surface area contributed by atoms with E-state index in [2.05, 4.69) is 17.1 Å². The predicted molar refractivity (Wildman–Crippen MR) is 121 cm³/mol. The number of aromatic nitrogens is 1. The Morgan fingerprint density at radius 2 is 2.03 bits per heavy atom. The van der Waals surface area contributed by atoms with Gasteiger partial charge in [0.25, 0.3) is 0 Å². The molecule has 4 nitrogen and oxygen atoms in total. The van der Waals surface area contributed by atoms with Crippen LogP contribution in [0.5, 0.6) is 0 Å². The average Bonchev–Trinajstić information content (AvgIpc) is 3.15. The van der Waals surface area contributed by atoms with E-state index in [0.717, 1.165) is 41.3 Å². The number of fused-ring (bicyclic) bond motifs is 3. The summed E-state index contributed by atoms with van der Waals surface area (Å²) in [6.07, 6.45) is 6.42. The average molecular weight is 423 g/mol. The number of carbonyl (C=O) groups is 1. The second-order valence-electron chi connectivity index (χ2n) is 8.91. The van der Waals surface area contributed by atoms with Crippen LogP contribution in [0.15, 0.2) is 54.7 Å². The van der Waals surface area contributed by atoms with Gasteiger partial charge in [0.2, 0.25) is 5.91 Å². The van der Waals surface area contributed by atoms with E-state index in [0.29, 0.717) is 25.8 Å². The maximum atomic E-state index is 13.7. The highest BCUT2D eigenvalue weighted by molar-refractivity contribution is 5.86. The number of halogens is 1. The molecule has 2 heterocycles. The van der Waals surface area contributed by atoms with E-state index in [9.17, 15) is 14.3 Å². The van der Waals surface area contributed by atoms with E-state index >= 15 is 0 Å². The van der Waals surface area contributed by atoms with Gasteiger partial charge < -0.3 is 15.0 Å². The number of aliphatic hydroxyl groups is 1. The van der Waals surface area contributed by atoms with Crippen molar-refractivity contribution in [1.82, 2.24) is 9.88 Å². The number of likely N-dealkylation sites (tertiary alicyclic amines) is 1. The molecule has 2 N–H and O–H groups in total. The second-order valence-corrected chi connectivity index (χ2v) is 8.91. The molecule has 0 radical (unpaired) electrons. The van der Waals surface area contributed by atoms with Gasteiger partial charge in [-0.3, -0.25) is 4.79 Å². The zero-order valence-electron chi connectivity index (χ0n) is 17.0. The van der Waals surface area contributed by atoms with Gasteiger partial charge in [-0.1, -0.05) is 37.8 Å². The molecule has 1 amide bonds. The monoisotopic (exact) mass is 422 g/mol. The van der Waals surface area contributed by atoms with Crippen molar-refractivity contribution >= 4 is 16.8 Å². The molecule has 1 aliphatic carbocycles. The van der Waals surface area contributed by atoms with Crippen molar-refractivity contribution in [3.63, 3.8) is 0 Å². The van der Waals surface area contributed by atoms with Crippen LogP contribution in [0.2, 0.25) is 0 Å². The summed E-state index contributed by atoms with van der Waals surface area (Å²) < 4.78 is 13.7. The van der Waals surface area contributed by atoms with Crippen LogP contribution in [0.3, 0.4) is 0 Å². The van der Waals surface area contributed by atoms with Crippen LogP contribution in [0.1, 0.15) is 63.0 Å². The summed E-state index contributed by atoms with van der Waals surface area (Å²) in [5.74, 6) is -0.252. The lowest BCUT2D eigenvalue weighted by Crippen LogP contribution is -2.55. The lowest BCUT2D eigenvalue weighted by Gasteiger charge is -2.48. The van der Waals surface area contributed by atoms with Gasteiger partial charge in [-0.05, 0) is 61.4 Å². The summed E-state index contributed by atoms with van der Waals surface area (Å²) in [6.45, 7) is 0.626. The molecule has 3 atom stereocenters. The number of aromatic amines is 1. The first kappa shape index (κ1) is 21.6. The Morgan fingerprint density at radius 1 is 1.23 bits per heavy atom. The minimum atomic E-state index is -0.584. The largest absolute Gasteiger partial charge is 0.390 e. The molecule has 5 heteroatoms. The maximum Gasteiger partial charge on any atom is 0.223 e. The van der Waals surface area contributed by atoms with Gasteiger partial charge in [0, 0.05) is 42.0 Å². The standard InChI is InChI=1S/C25H27FN2O2.CH4/c26-18-8-9-20-22(16-27-23(20)13-18)21(17-5-2-1-3-6-17)14-24(29)28-12-11-25(30)10-4-7-19(28)15-25;/h1-3,5-6,8-9,13,16,19,21,27,30H,4,7,10-12,14-15H2;1H4. The molecular formula is C26H31FN2O2. The Bertz CT molecular complexity index is 1060. The highest BCUT2D eigenvalue weighted by Gasteiger charge is 2.43. The number of hydrogen-bond acceptors (Lipinski definition) is 2. The van der Waals surface area contributed by atoms with Crippen LogP contribution in [-0.2, 0) is 4.79 Å². The third kappa shape index (κ3) is 4.11. The summed E-state index contributed by atoms with van der Waals surface area (Å²) >= 11 is 0. The van der Waals surface area contributed by atoms with Gasteiger partial charge in [0.05, 0.1) is 5.60 Å². The van der Waals surface area contributed by atoms with E-state index in [1.165, 1.54) is 12.1 Å². The fraction of sp³-hybridized carbons (Fsp3) is 0.423. The zero-order chi connectivity index (χ0) is 20.7. The van der Waals surface area contributed by atoms with Crippen molar-refractivity contribution in [3.05, 3.63) is 71.7 Å². The Kier molecular flexibility index (Phi) is 5.89. The first-order valence-electron chi connectivity index (χ1n) is 10.9. The molecule has 2 bridgehead atoms. The highest BCUT2D eigenvalue weighted by Crippen LogP contribution is 2.40. The van der Waals surface area contributed by atoms with E-state index in [-0.39, 0.29) is 31.1 Å². The van der Waals surface area contributed by atoms with E-state index in [1.807, 2.05) is 29.3 Å². The predicted octanol–water partition coefficient (Wildman–Crippen LogP) is 5.37. The van der Waals surface area contributed by atoms with Crippen LogP contribution < -0.4 is 0 Å². The normalized spacial score (nSPS) is 23.9. The van der Waals surface area contributed by atoms with Gasteiger partial charge in [-0.25, -0.2) is 4.39 Å². The molecule has 1 aliphatic heterocycles. The number of piperidine rings is 1. The molecule has 0 spiro atoms. The van der Waals surface area contributed by atoms with Crippen molar-refractivity contribution in [2.45, 2.75) is 63.5 Å². The molecule has 5 rings (SSSR count). The first-order valence-corrected chi connectivity index (χ1v) is 10.9. The molecule has 2 fully saturated rings. The number of hydrogen-bond donors (Lipinski definition) is 2. The smallest absolute Gasteiger partial charge is 0.223 e. The fourth-order valence-corrected chi connectivity index (χ4v) is 5.44. The van der Waals surface area contributed by atoms with E-state index in [4.69, 9.17) is 0 Å². The Hall–Kier alpha value is -2.66. The van der Waals surface area contributed by atoms with E-state index in [1.54, 1.807) is 6.07 Å². The maximum absolute atomic E-state index is 13.7. The Morgan fingerprint density at radius 3 is 2.84 bits per heavy atom. The highest BCUT2D eigenvalue weighted by atomic mass is 19.1. The van der Waals surface area contributed by atoms with Gasteiger partial charge in [0.1, 0.15) is 5.82 Å². The van der Waals surface area contributed by atoms with Crippen molar-refractivity contribution < 1.29 is 14.3 Å². The van der Waals surface area contributed by atoms with Crippen molar-refractivity contribution in [2.24, 2.45) is 0 Å². The lowest BCUT2D eigenvalue weighted by molar-refractivity contribution is -0.144. The number of amides is 1. The van der Waals surface area contributed by atoms with Crippen LogP contribution in [-0.4, -0.2) is 39.1 Å². The van der Waals surface area contributed by atoms with Gasteiger partial charge in [0.15, 0.2) is 0 Å². The summed E-state index contributed by atoms with van der Waals surface area (Å²) in [5.41, 5.74) is 2.25. The van der Waals surface area contributed by atoms with Crippen LogP contribution >= 0.6 is 0 Å². The van der Waals surface area contributed by atoms with Crippen molar-refractivity contribution in [2.75, 3.05) is 6.54 Å². The molecule has 2 aliphatic rings. The Labute approximate surface area is 183 Å². The van der Waals surface area contributed by atoms with Gasteiger partial charge >= 0.3 is 0 Å². The summed E-state index contributed by atoms with van der Waals surface area (Å²) in [5, 5.41) is 11.6. The minimum Gasteiger partial charge on any atom is -0.390 e. The fourth-order valence-electron chi connectivity index (χ4n) is 5.44. The number of nitrogens with zero attached hydrogens (tertiary/aromatic N) is 1. The third-order valence-corrected chi connectivity index (χ3v) is 7.01. The molecular weight excluding hydrogens is 391 g/mol. The van der Waals surface area contributed by atoms with Gasteiger partial charge in [-0.2, -0.15) is 0 Å². The van der Waals surface area contributed by atoms with Crippen molar-refractivity contribution in [1.29, 1.82) is 0 Å². The molecule has 1 aromatic heterocycles. The first-order chi connectivity index (χ1) is 14.5. The molecule has 164 valence electrons. The topological polar surface area (TPSA) is 56.3 Å². The second kappa shape index (κ2) is 8.46. The lowest BCUT2D eigenvalue weighted by atomic mass is 9.75. The number of H-pyrrole nitrogens is 1. The quantitative estimate of drug-likeness (QED) is 0.594. The van der Waals surface area contributed by atoms with Crippen LogP contribution in [0.25, 0.3) is 10.9 Å². The van der Waals surface area contributed by atoms with Crippen molar-refractivity contribution in [3.8, 4) is 0 Å². The molecule has 31 heavy (non-hydrogen) atoms. The number of rotatable bonds is 4. The van der Waals surface area contributed by atoms with Crippen LogP contribution in [0.4, 0.5) is 4.39 Å². The van der Waals surface area contributed by atoms with E-state index < -0.39 is 5.60 Å². The summed E-state index contributed by atoms with van der Waals surface area (Å²) in [7, 11) is 0. The third-order valence-electron chi connectivity index (χ3n) is 7.01. The Balaban J connectivity index is 0.00000231. The molecule has 1 saturated carbocycles. The molecule has 1 saturated heterocycles. The molecule has 2 aromatic carbocycles. The number of nitrogens with one attached hydrogen (secondary N) is 1. The summed E-state index contributed by atoms with van der Waals surface area (Å²) in [6, 6.07) is 14.9. The van der Waals surface area contributed by atoms with Crippen LogP contribution in [0, 0.1) is 5.82 Å². The zero-order valence-corrected chi connectivity index (χ0v) is 17.0. The number of carbonyl (C=O) groups excluding carboxylic acids is 1. The minimum absolute atomic E-state index is 0. The number of benzene rings is 2. The van der Waals surface area contributed by atoms with Gasteiger partial charge in [-0.15, -0.1) is 0 Å². The molecule has 3 aromatic rings. The SMILES string of the molecule is C.O=C(CC(c1ccccc1)c1c[nH]c2cc(F)ccc12)N1CCC2(O)CCCC1C2. The summed E-state index contributed by atoms with van der Waals surface area (Å²) in [4.78, 5) is 18.6. The molecule has 3 unspecified atom stereocenters.